The van der Waals surface area contributed by atoms with E-state index in [1.54, 1.807) is 24.3 Å². The number of para-hydroxylation sites is 1. The molecule has 0 aliphatic carbocycles. The molecular formula is C36H25BIrN2O2-2. The number of pyridine rings is 2. The molecule has 6 heteroatoms. The second kappa shape index (κ2) is 11.8. The molecule has 6 aromatic rings. The number of aromatic nitrogens is 2. The fourth-order valence-electron chi connectivity index (χ4n) is 5.21. The topological polar surface area (TPSA) is 44.2 Å². The molecule has 4 nitrogen and oxygen atoms in total. The van der Waals surface area contributed by atoms with Crippen molar-refractivity contribution in [2.45, 2.75) is 13.7 Å². The van der Waals surface area contributed by atoms with Gasteiger partial charge in [0, 0.05) is 51.9 Å². The van der Waals surface area contributed by atoms with Gasteiger partial charge in [0.05, 0.1) is 0 Å². The molecule has 0 spiro atoms. The number of hydrogen-bond acceptors (Lipinski definition) is 4. The van der Waals surface area contributed by atoms with Gasteiger partial charge in [-0.15, -0.1) is 59.6 Å². The number of fused-ring (bicyclic) bond motifs is 4. The molecule has 2 aromatic heterocycles. The first-order chi connectivity index (χ1) is 22.6. The molecule has 0 bridgehead atoms. The van der Waals surface area contributed by atoms with Crippen LogP contribution in [0.15, 0.2) is 116 Å². The van der Waals surface area contributed by atoms with E-state index in [9.17, 15) is 0 Å². The van der Waals surface area contributed by atoms with Gasteiger partial charge in [0.15, 0.2) is 0 Å². The fourth-order valence-corrected chi connectivity index (χ4v) is 5.21. The van der Waals surface area contributed by atoms with Crippen molar-refractivity contribution in [1.29, 1.82) is 0 Å². The Labute approximate surface area is 268 Å². The van der Waals surface area contributed by atoms with E-state index in [2.05, 4.69) is 28.2 Å². The van der Waals surface area contributed by atoms with E-state index in [4.69, 9.17) is 17.7 Å². The van der Waals surface area contributed by atoms with Gasteiger partial charge in [0.2, 0.25) is 6.71 Å². The van der Waals surface area contributed by atoms with Crippen LogP contribution in [-0.4, -0.2) is 16.7 Å². The van der Waals surface area contributed by atoms with Gasteiger partial charge in [0.1, 0.15) is 17.2 Å². The zero-order valence-corrected chi connectivity index (χ0v) is 24.5. The van der Waals surface area contributed by atoms with Gasteiger partial charge in [0.25, 0.3) is 0 Å². The first-order valence-electron chi connectivity index (χ1n) is 16.1. The summed E-state index contributed by atoms with van der Waals surface area (Å²) >= 11 is 0. The third-order valence-corrected chi connectivity index (χ3v) is 7.03. The average Bonchev–Trinajstić information content (AvgIpc) is 3.08. The third kappa shape index (κ3) is 5.16. The summed E-state index contributed by atoms with van der Waals surface area (Å²) in [7, 11) is 0. The molecule has 0 saturated carbocycles. The Hall–Kier alpha value is -4.51. The van der Waals surface area contributed by atoms with E-state index in [1.165, 1.54) is 18.5 Å². The standard InChI is InChI=1S/C24H15BNO2.C12H10N.Ir/c1-15-12-13-26-19(14-15)16-6-4-8-18-24(16)28-22-11-5-10-21-23(22)25(18)17-7-2-3-9-20(17)27-21;1-10-7-8-12(13-9-10)11-5-3-2-4-6-11;/h2-5,7-14H,1H3;2-5,7-9H,1H3;/q2*-1;/i2*1D3;. The summed E-state index contributed by atoms with van der Waals surface area (Å²) in [5, 5.41) is 0. The normalized spacial score (nSPS) is 14.4. The van der Waals surface area contributed by atoms with Crippen LogP contribution in [-0.2, 0) is 20.1 Å². The Balaban J connectivity index is 0.000000201. The van der Waals surface area contributed by atoms with Crippen molar-refractivity contribution in [3.05, 3.63) is 139 Å². The first-order valence-corrected chi connectivity index (χ1v) is 13.1. The van der Waals surface area contributed by atoms with Gasteiger partial charge in [-0.05, 0) is 60.4 Å². The zero-order valence-electron chi connectivity index (χ0n) is 28.1. The summed E-state index contributed by atoms with van der Waals surface area (Å²) < 4.78 is 57.4. The van der Waals surface area contributed by atoms with Crippen LogP contribution in [0.5, 0.6) is 23.0 Å². The zero-order chi connectivity index (χ0) is 32.8. The van der Waals surface area contributed by atoms with Crippen molar-refractivity contribution in [3.8, 4) is 45.5 Å². The van der Waals surface area contributed by atoms with Crippen molar-refractivity contribution in [3.63, 3.8) is 0 Å². The molecule has 0 unspecified atom stereocenters. The number of ether oxygens (including phenoxy) is 2. The maximum atomic E-state index is 7.74. The Bertz CT molecular complexity index is 2090. The molecule has 0 saturated heterocycles. The Morgan fingerprint density at radius 1 is 0.690 bits per heavy atom. The summed E-state index contributed by atoms with van der Waals surface area (Å²) in [6.07, 6.45) is 2.91. The molecule has 205 valence electrons. The maximum Gasteiger partial charge on any atom is 0.241 e. The average molecular weight is 727 g/mol. The molecule has 2 aliphatic heterocycles. The van der Waals surface area contributed by atoms with Crippen LogP contribution in [0.1, 0.15) is 19.4 Å². The van der Waals surface area contributed by atoms with E-state index in [-0.39, 0.29) is 37.9 Å². The van der Waals surface area contributed by atoms with E-state index in [0.29, 0.717) is 17.0 Å². The number of hydrogen-bond donors (Lipinski definition) is 0. The van der Waals surface area contributed by atoms with Gasteiger partial charge >= 0.3 is 0 Å². The van der Waals surface area contributed by atoms with Crippen molar-refractivity contribution in [1.82, 2.24) is 9.97 Å². The van der Waals surface area contributed by atoms with Crippen molar-refractivity contribution in [2.24, 2.45) is 0 Å². The Kier molecular flexibility index (Phi) is 5.95. The number of rotatable bonds is 2. The molecule has 0 amide bonds. The Morgan fingerprint density at radius 3 is 2.33 bits per heavy atom. The fraction of sp³-hybridized carbons (Fsp3) is 0.0556. The smallest absolute Gasteiger partial charge is 0.241 e. The monoisotopic (exact) mass is 727 g/mol. The minimum Gasteiger partial charge on any atom is -0.503 e. The summed E-state index contributed by atoms with van der Waals surface area (Å²) in [5.74, 6) is 2.96. The maximum absolute atomic E-state index is 7.74. The number of aryl methyl sites for hydroxylation is 2. The summed E-state index contributed by atoms with van der Waals surface area (Å²) in [4.78, 5) is 8.55. The molecule has 0 atom stereocenters. The largest absolute Gasteiger partial charge is 0.503 e. The summed E-state index contributed by atoms with van der Waals surface area (Å²) in [5.41, 5.74) is 6.28. The predicted molar refractivity (Wildman–Crippen MR) is 164 cm³/mol. The van der Waals surface area contributed by atoms with Crippen molar-refractivity contribution < 1.29 is 37.8 Å². The van der Waals surface area contributed by atoms with Crippen LogP contribution in [0.4, 0.5) is 0 Å². The van der Waals surface area contributed by atoms with Crippen LogP contribution in [0.25, 0.3) is 22.5 Å². The van der Waals surface area contributed by atoms with Crippen molar-refractivity contribution >= 4 is 23.1 Å². The molecule has 42 heavy (non-hydrogen) atoms. The van der Waals surface area contributed by atoms with Crippen LogP contribution >= 0.6 is 0 Å². The Morgan fingerprint density at radius 2 is 1.52 bits per heavy atom. The molecule has 8 rings (SSSR count). The minimum absolute atomic E-state index is 0. The van der Waals surface area contributed by atoms with E-state index >= 15 is 0 Å². The van der Waals surface area contributed by atoms with Crippen LogP contribution in [0, 0.1) is 25.8 Å². The molecule has 4 heterocycles. The molecule has 0 N–H and O–H groups in total. The molecule has 0 fully saturated rings. The molecular weight excluding hydrogens is 695 g/mol. The van der Waals surface area contributed by atoms with Gasteiger partial charge < -0.3 is 19.4 Å². The minimum atomic E-state index is -2.21. The molecule has 2 aliphatic rings. The number of benzene rings is 4. The van der Waals surface area contributed by atoms with E-state index in [0.717, 1.165) is 44.9 Å². The second-order valence-electron chi connectivity index (χ2n) is 9.62. The van der Waals surface area contributed by atoms with Gasteiger partial charge in [-0.25, -0.2) is 0 Å². The van der Waals surface area contributed by atoms with Gasteiger partial charge in [-0.3, -0.25) is 0 Å². The first kappa shape index (κ1) is 21.2. The SMILES string of the molecule is [2H]C([2H])([2H])c1ccc(-c2[c-]cccc2)nc1.[2H]C([2H])([2H])c1ccnc(-c2[c-]ccc3c2Oc2cccc4c2B3c2ccccc2O4)c1.[Ir]. The van der Waals surface area contributed by atoms with Crippen LogP contribution in [0.3, 0.4) is 0 Å². The quantitative estimate of drug-likeness (QED) is 0.152. The van der Waals surface area contributed by atoms with Crippen LogP contribution in [0.2, 0.25) is 0 Å². The summed E-state index contributed by atoms with van der Waals surface area (Å²) in [6, 6.07) is 37.7. The predicted octanol–water partition coefficient (Wildman–Crippen LogP) is 6.44. The molecule has 4 aromatic carbocycles. The van der Waals surface area contributed by atoms with Crippen molar-refractivity contribution in [2.75, 3.05) is 0 Å². The third-order valence-electron chi connectivity index (χ3n) is 7.03. The summed E-state index contributed by atoms with van der Waals surface area (Å²) in [6.45, 7) is -4.36. The number of nitrogens with zero attached hydrogens (tertiary/aromatic N) is 2. The van der Waals surface area contributed by atoms with E-state index < -0.39 is 13.7 Å². The van der Waals surface area contributed by atoms with Gasteiger partial charge in [-0.2, -0.15) is 0 Å². The second-order valence-corrected chi connectivity index (χ2v) is 9.62. The van der Waals surface area contributed by atoms with Crippen LogP contribution < -0.4 is 25.9 Å². The van der Waals surface area contributed by atoms with Gasteiger partial charge in [-0.1, -0.05) is 53.6 Å². The van der Waals surface area contributed by atoms with E-state index in [1.807, 2.05) is 66.7 Å². The molecule has 1 radical (unpaired) electrons.